The molecule has 130 valence electrons. The van der Waals surface area contributed by atoms with E-state index in [1.54, 1.807) is 4.90 Å². The van der Waals surface area contributed by atoms with E-state index in [1.807, 2.05) is 30.3 Å². The number of amides is 1. The maximum atomic E-state index is 12.8. The van der Waals surface area contributed by atoms with Gasteiger partial charge in [-0.2, -0.15) is 0 Å². The molecule has 1 aromatic carbocycles. The zero-order valence-electron chi connectivity index (χ0n) is 13.9. The lowest BCUT2D eigenvalue weighted by molar-refractivity contribution is -0.157. The maximum Gasteiger partial charge on any atom is 0.329 e. The van der Waals surface area contributed by atoms with Crippen LogP contribution in [-0.4, -0.2) is 47.2 Å². The summed E-state index contributed by atoms with van der Waals surface area (Å²) in [5.74, 6) is -0.586. The highest BCUT2D eigenvalue weighted by molar-refractivity contribution is 5.88. The lowest BCUT2D eigenvalue weighted by Gasteiger charge is -2.36. The third kappa shape index (κ3) is 3.46. The van der Waals surface area contributed by atoms with Gasteiger partial charge in [-0.05, 0) is 37.2 Å². The van der Waals surface area contributed by atoms with Gasteiger partial charge in [0.25, 0.3) is 0 Å². The van der Waals surface area contributed by atoms with E-state index in [4.69, 9.17) is 4.74 Å². The summed E-state index contributed by atoms with van der Waals surface area (Å²) in [6.45, 7) is 1.94. The largest absolute Gasteiger partial charge is 0.479 e. The van der Waals surface area contributed by atoms with Crippen LogP contribution in [0.1, 0.15) is 37.7 Å². The summed E-state index contributed by atoms with van der Waals surface area (Å²) in [4.78, 5) is 26.6. The fourth-order valence-electron chi connectivity index (χ4n) is 3.97. The number of hydrogen-bond acceptors (Lipinski definition) is 3. The van der Waals surface area contributed by atoms with Crippen molar-refractivity contribution in [3.05, 3.63) is 35.9 Å². The topological polar surface area (TPSA) is 66.8 Å². The molecule has 1 atom stereocenters. The van der Waals surface area contributed by atoms with Gasteiger partial charge in [0.15, 0.2) is 0 Å². The molecule has 1 N–H and O–H groups in total. The number of carboxylic acid groups (broad SMARTS) is 1. The fraction of sp³-hybridized carbons (Fsp3) is 0.579. The van der Waals surface area contributed by atoms with Crippen LogP contribution in [0.25, 0.3) is 0 Å². The van der Waals surface area contributed by atoms with E-state index in [9.17, 15) is 14.7 Å². The van der Waals surface area contributed by atoms with Crippen LogP contribution in [0.2, 0.25) is 0 Å². The molecule has 0 radical (unpaired) electrons. The summed E-state index contributed by atoms with van der Waals surface area (Å²) in [6.07, 6.45) is 3.86. The first-order valence-corrected chi connectivity index (χ1v) is 8.77. The molecule has 0 bridgehead atoms. The average Bonchev–Trinajstić information content (AvgIpc) is 3.02. The van der Waals surface area contributed by atoms with Crippen LogP contribution in [0, 0.1) is 5.92 Å². The Hall–Kier alpha value is -1.88. The Morgan fingerprint density at radius 1 is 1.21 bits per heavy atom. The minimum absolute atomic E-state index is 0.0160. The number of benzene rings is 1. The van der Waals surface area contributed by atoms with E-state index in [1.165, 1.54) is 0 Å². The number of hydrogen-bond donors (Lipinski definition) is 1. The zero-order valence-corrected chi connectivity index (χ0v) is 13.9. The Labute approximate surface area is 142 Å². The lowest BCUT2D eigenvalue weighted by atomic mass is 9.87. The van der Waals surface area contributed by atoms with E-state index < -0.39 is 11.5 Å². The Morgan fingerprint density at radius 3 is 2.58 bits per heavy atom. The number of carbonyl (C=O) groups excluding carboxylic acids is 1. The van der Waals surface area contributed by atoms with Gasteiger partial charge in [-0.25, -0.2) is 4.79 Å². The third-order valence-corrected chi connectivity index (χ3v) is 5.33. The first-order chi connectivity index (χ1) is 11.6. The highest BCUT2D eigenvalue weighted by Gasteiger charge is 2.49. The highest BCUT2D eigenvalue weighted by Crippen LogP contribution is 2.35. The monoisotopic (exact) mass is 331 g/mol. The van der Waals surface area contributed by atoms with Crippen LogP contribution in [-0.2, 0) is 20.7 Å². The van der Waals surface area contributed by atoms with Crippen molar-refractivity contribution in [1.29, 1.82) is 0 Å². The van der Waals surface area contributed by atoms with E-state index in [0.29, 0.717) is 44.9 Å². The van der Waals surface area contributed by atoms with Crippen molar-refractivity contribution in [2.75, 3.05) is 19.8 Å². The Morgan fingerprint density at radius 2 is 1.92 bits per heavy atom. The fourth-order valence-corrected chi connectivity index (χ4v) is 3.97. The van der Waals surface area contributed by atoms with E-state index in [-0.39, 0.29) is 5.91 Å². The average molecular weight is 331 g/mol. The minimum atomic E-state index is -1.09. The quantitative estimate of drug-likeness (QED) is 0.900. The number of aliphatic carboxylic acids is 1. The first kappa shape index (κ1) is 17.0. The Kier molecular flexibility index (Phi) is 5.19. The van der Waals surface area contributed by atoms with Gasteiger partial charge in [-0.1, -0.05) is 30.3 Å². The van der Waals surface area contributed by atoms with Crippen LogP contribution in [0.3, 0.4) is 0 Å². The minimum Gasteiger partial charge on any atom is -0.479 e. The van der Waals surface area contributed by atoms with Crippen molar-refractivity contribution >= 4 is 11.9 Å². The van der Waals surface area contributed by atoms with Gasteiger partial charge in [-0.15, -0.1) is 0 Å². The van der Waals surface area contributed by atoms with Gasteiger partial charge in [0.2, 0.25) is 5.91 Å². The van der Waals surface area contributed by atoms with Crippen LogP contribution in [0.5, 0.6) is 0 Å². The second kappa shape index (κ2) is 7.34. The van der Waals surface area contributed by atoms with Gasteiger partial charge >= 0.3 is 5.97 Å². The molecule has 0 spiro atoms. The van der Waals surface area contributed by atoms with Gasteiger partial charge in [-0.3, -0.25) is 4.79 Å². The SMILES string of the molecule is O=C(CC1CCOCC1)N1CCC[C@]1(Cc1ccccc1)C(=O)O. The predicted molar refractivity (Wildman–Crippen MR) is 89.6 cm³/mol. The molecule has 0 unspecified atom stereocenters. The molecule has 2 heterocycles. The van der Waals surface area contributed by atoms with Gasteiger partial charge in [0.05, 0.1) is 0 Å². The van der Waals surface area contributed by atoms with Gasteiger partial charge in [0, 0.05) is 32.6 Å². The number of rotatable bonds is 5. The summed E-state index contributed by atoms with van der Waals surface area (Å²) < 4.78 is 5.35. The van der Waals surface area contributed by atoms with Crippen LogP contribution in [0.4, 0.5) is 0 Å². The molecule has 24 heavy (non-hydrogen) atoms. The molecule has 0 aromatic heterocycles. The van der Waals surface area contributed by atoms with E-state index in [2.05, 4.69) is 0 Å². The third-order valence-electron chi connectivity index (χ3n) is 5.33. The summed E-state index contributed by atoms with van der Waals surface area (Å²) in [6, 6.07) is 9.61. The summed E-state index contributed by atoms with van der Waals surface area (Å²) in [7, 11) is 0. The molecule has 2 aliphatic rings. The van der Waals surface area contributed by atoms with E-state index in [0.717, 1.165) is 24.8 Å². The normalized spacial score (nSPS) is 24.9. The number of nitrogens with zero attached hydrogens (tertiary/aromatic N) is 1. The molecular formula is C19H25NO4. The number of ether oxygens (including phenoxy) is 1. The predicted octanol–water partition coefficient (Wildman–Crippen LogP) is 2.49. The molecule has 1 amide bonds. The second-order valence-electron chi connectivity index (χ2n) is 6.91. The molecule has 0 saturated carbocycles. The summed E-state index contributed by atoms with van der Waals surface area (Å²) >= 11 is 0. The van der Waals surface area contributed by atoms with Crippen molar-refractivity contribution < 1.29 is 19.4 Å². The van der Waals surface area contributed by atoms with Crippen LogP contribution >= 0.6 is 0 Å². The number of carboxylic acids is 1. The highest BCUT2D eigenvalue weighted by atomic mass is 16.5. The van der Waals surface area contributed by atoms with Crippen molar-refractivity contribution in [2.45, 2.75) is 44.1 Å². The molecule has 0 aliphatic carbocycles. The van der Waals surface area contributed by atoms with Gasteiger partial charge < -0.3 is 14.7 Å². The molecule has 2 aliphatic heterocycles. The molecule has 2 fully saturated rings. The second-order valence-corrected chi connectivity index (χ2v) is 6.91. The molecule has 5 nitrogen and oxygen atoms in total. The Bertz CT molecular complexity index is 582. The molecule has 1 aromatic rings. The first-order valence-electron chi connectivity index (χ1n) is 8.77. The standard InChI is InChI=1S/C19H25NO4/c21-17(13-15-7-11-24-12-8-15)20-10-4-9-19(20,18(22)23)14-16-5-2-1-3-6-16/h1-3,5-6,15H,4,7-14H2,(H,22,23)/t19-/m0/s1. The number of likely N-dealkylation sites (tertiary alicyclic amines) is 1. The molecule has 2 saturated heterocycles. The summed E-state index contributed by atoms with van der Waals surface area (Å²) in [5.41, 5.74) is -0.130. The smallest absolute Gasteiger partial charge is 0.329 e. The number of carbonyl (C=O) groups is 2. The lowest BCUT2D eigenvalue weighted by Crippen LogP contribution is -2.55. The van der Waals surface area contributed by atoms with Crippen molar-refractivity contribution in [2.24, 2.45) is 5.92 Å². The molecule has 5 heteroatoms. The van der Waals surface area contributed by atoms with Crippen molar-refractivity contribution in [3.8, 4) is 0 Å². The van der Waals surface area contributed by atoms with Crippen molar-refractivity contribution in [1.82, 2.24) is 4.90 Å². The molecular weight excluding hydrogens is 306 g/mol. The van der Waals surface area contributed by atoms with Crippen LogP contribution in [0.15, 0.2) is 30.3 Å². The summed E-state index contributed by atoms with van der Waals surface area (Å²) in [5, 5.41) is 9.94. The van der Waals surface area contributed by atoms with Crippen molar-refractivity contribution in [3.63, 3.8) is 0 Å². The molecule has 3 rings (SSSR count). The van der Waals surface area contributed by atoms with Gasteiger partial charge in [0.1, 0.15) is 5.54 Å². The Balaban J connectivity index is 1.76. The maximum absolute atomic E-state index is 12.8. The zero-order chi connectivity index (χ0) is 17.0. The van der Waals surface area contributed by atoms with E-state index >= 15 is 0 Å². The van der Waals surface area contributed by atoms with Crippen LogP contribution < -0.4 is 0 Å².